The number of ketones is 1. The molecule has 0 saturated heterocycles. The van der Waals surface area contributed by atoms with E-state index < -0.39 is 17.1 Å². The molecule has 2 fully saturated rings. The van der Waals surface area contributed by atoms with Crippen molar-refractivity contribution in [1.29, 1.82) is 0 Å². The molecular formula is C15H25NO4. The minimum Gasteiger partial charge on any atom is -0.381 e. The summed E-state index contributed by atoms with van der Waals surface area (Å²) in [6.07, 6.45) is 2.73. The van der Waals surface area contributed by atoms with Gasteiger partial charge in [-0.2, -0.15) is 0 Å². The van der Waals surface area contributed by atoms with E-state index in [1.54, 1.807) is 0 Å². The number of fused-ring (bicyclic) bond motifs is 2. The first-order valence-corrected chi connectivity index (χ1v) is 7.45. The van der Waals surface area contributed by atoms with Crippen LogP contribution < -0.4 is 0 Å². The number of nitro groups is 1. The van der Waals surface area contributed by atoms with Crippen LogP contribution in [0.2, 0.25) is 0 Å². The second-order valence-electron chi connectivity index (χ2n) is 7.45. The Morgan fingerprint density at radius 3 is 2.45 bits per heavy atom. The molecule has 5 nitrogen and oxygen atoms in total. The molecule has 0 spiro atoms. The van der Waals surface area contributed by atoms with Crippen LogP contribution in [0, 0.1) is 26.9 Å². The highest BCUT2D eigenvalue weighted by molar-refractivity contribution is 5.89. The van der Waals surface area contributed by atoms with Crippen LogP contribution in [0.4, 0.5) is 0 Å². The van der Waals surface area contributed by atoms with Gasteiger partial charge in [0.15, 0.2) is 5.78 Å². The van der Waals surface area contributed by atoms with Gasteiger partial charge in [0.2, 0.25) is 6.04 Å². The van der Waals surface area contributed by atoms with Crippen LogP contribution in [0.5, 0.6) is 0 Å². The van der Waals surface area contributed by atoms with Crippen molar-refractivity contribution in [3.05, 3.63) is 10.1 Å². The summed E-state index contributed by atoms with van der Waals surface area (Å²) >= 11 is 0. The third-order valence-corrected chi connectivity index (χ3v) is 6.50. The largest absolute Gasteiger partial charge is 0.381 e. The highest BCUT2D eigenvalue weighted by Gasteiger charge is 2.70. The third kappa shape index (κ3) is 1.82. The van der Waals surface area contributed by atoms with E-state index in [4.69, 9.17) is 0 Å². The first-order valence-electron chi connectivity index (χ1n) is 7.45. The summed E-state index contributed by atoms with van der Waals surface area (Å²) in [6, 6.07) is -0.734. The van der Waals surface area contributed by atoms with Gasteiger partial charge in [-0.3, -0.25) is 14.9 Å². The third-order valence-electron chi connectivity index (χ3n) is 6.50. The Morgan fingerprint density at radius 1 is 1.45 bits per heavy atom. The van der Waals surface area contributed by atoms with Gasteiger partial charge >= 0.3 is 0 Å². The summed E-state index contributed by atoms with van der Waals surface area (Å²) < 4.78 is 0. The van der Waals surface area contributed by atoms with Crippen molar-refractivity contribution in [2.75, 3.05) is 0 Å². The Kier molecular flexibility index (Phi) is 3.48. The molecule has 2 rings (SSSR count). The van der Waals surface area contributed by atoms with E-state index in [9.17, 15) is 20.0 Å². The normalized spacial score (nSPS) is 39.8. The smallest absolute Gasteiger partial charge is 0.210 e. The maximum Gasteiger partial charge on any atom is 0.210 e. The van der Waals surface area contributed by atoms with Crippen molar-refractivity contribution < 1.29 is 14.8 Å². The predicted molar refractivity (Wildman–Crippen MR) is 74.9 cm³/mol. The van der Waals surface area contributed by atoms with Gasteiger partial charge in [0.1, 0.15) is 5.60 Å². The quantitative estimate of drug-likeness (QED) is 0.621. The lowest BCUT2D eigenvalue weighted by Gasteiger charge is -2.44. The molecule has 0 amide bonds. The second-order valence-corrected chi connectivity index (χ2v) is 7.45. The van der Waals surface area contributed by atoms with Gasteiger partial charge < -0.3 is 5.11 Å². The maximum atomic E-state index is 12.5. The summed E-state index contributed by atoms with van der Waals surface area (Å²) in [4.78, 5) is 22.8. The molecule has 0 aromatic carbocycles. The second kappa shape index (κ2) is 4.52. The zero-order chi connectivity index (χ0) is 15.3. The molecule has 1 N–H and O–H groups in total. The molecule has 4 atom stereocenters. The molecule has 2 bridgehead atoms. The number of carbonyl (C=O) groups excluding carboxylic acids is 1. The van der Waals surface area contributed by atoms with Gasteiger partial charge in [0, 0.05) is 30.1 Å². The van der Waals surface area contributed by atoms with Crippen molar-refractivity contribution in [2.45, 2.75) is 71.4 Å². The van der Waals surface area contributed by atoms with Gasteiger partial charge in [-0.25, -0.2) is 0 Å². The number of Topliss-reactive ketones (excluding diaryl/α,β-unsaturated/α-hetero) is 1. The SMILES string of the molecule is C[C@@H](CCC(=O)[C@@]1(O)C[C@H]2CC[C@]1(C)C2(C)C)[N+](=O)[O-]. The van der Waals surface area contributed by atoms with Crippen LogP contribution in [0.1, 0.15) is 59.8 Å². The fourth-order valence-electron chi connectivity index (χ4n) is 4.35. The lowest BCUT2D eigenvalue weighted by Crippen LogP contribution is -2.53. The minimum absolute atomic E-state index is 0.0495. The number of rotatable bonds is 5. The first-order chi connectivity index (χ1) is 9.06. The number of nitrogens with zero attached hydrogens (tertiary/aromatic N) is 1. The molecule has 0 heterocycles. The molecule has 0 unspecified atom stereocenters. The molecule has 20 heavy (non-hydrogen) atoms. The van der Waals surface area contributed by atoms with E-state index in [0.29, 0.717) is 12.3 Å². The number of hydrogen-bond acceptors (Lipinski definition) is 4. The number of carbonyl (C=O) groups is 1. The first kappa shape index (κ1) is 15.4. The highest BCUT2D eigenvalue weighted by atomic mass is 16.6. The fourth-order valence-corrected chi connectivity index (χ4v) is 4.35. The molecule has 5 heteroatoms. The lowest BCUT2D eigenvalue weighted by molar-refractivity contribution is -0.518. The summed E-state index contributed by atoms with van der Waals surface area (Å²) in [5.41, 5.74) is -1.75. The van der Waals surface area contributed by atoms with E-state index in [-0.39, 0.29) is 29.0 Å². The summed E-state index contributed by atoms with van der Waals surface area (Å²) in [5.74, 6) is 0.165. The summed E-state index contributed by atoms with van der Waals surface area (Å²) in [6.45, 7) is 7.78. The van der Waals surface area contributed by atoms with E-state index in [1.165, 1.54) is 6.92 Å². The lowest BCUT2D eigenvalue weighted by atomic mass is 9.62. The monoisotopic (exact) mass is 283 g/mol. The Labute approximate surface area is 119 Å². The Hall–Kier alpha value is -0.970. The average molecular weight is 283 g/mol. The van der Waals surface area contributed by atoms with E-state index in [2.05, 4.69) is 13.8 Å². The van der Waals surface area contributed by atoms with Crippen LogP contribution in [-0.4, -0.2) is 27.5 Å². The van der Waals surface area contributed by atoms with Gasteiger partial charge in [-0.05, 0) is 30.6 Å². The molecule has 0 radical (unpaired) electrons. The van der Waals surface area contributed by atoms with E-state index >= 15 is 0 Å². The number of aliphatic hydroxyl groups is 1. The Morgan fingerprint density at radius 2 is 2.05 bits per heavy atom. The van der Waals surface area contributed by atoms with Crippen molar-refractivity contribution in [3.63, 3.8) is 0 Å². The van der Waals surface area contributed by atoms with Crippen LogP contribution in [-0.2, 0) is 4.79 Å². The van der Waals surface area contributed by atoms with Crippen LogP contribution in [0.15, 0.2) is 0 Å². The topological polar surface area (TPSA) is 80.4 Å². The van der Waals surface area contributed by atoms with Crippen LogP contribution in [0.25, 0.3) is 0 Å². The van der Waals surface area contributed by atoms with Crippen LogP contribution >= 0.6 is 0 Å². The van der Waals surface area contributed by atoms with E-state index in [1.807, 2.05) is 6.92 Å². The average Bonchev–Trinajstić information content (AvgIpc) is 2.67. The highest BCUT2D eigenvalue weighted by Crippen LogP contribution is 2.69. The summed E-state index contributed by atoms with van der Waals surface area (Å²) in [7, 11) is 0. The fraction of sp³-hybridized carbons (Fsp3) is 0.933. The molecule has 0 aromatic heterocycles. The minimum atomic E-state index is -1.30. The maximum absolute atomic E-state index is 12.5. The zero-order valence-electron chi connectivity index (χ0n) is 12.8. The standard InChI is InChI=1S/C15H25NO4/c1-10(16(19)20)5-6-12(17)15(18)9-11-7-8-14(15,4)13(11,2)3/h10-11,18H,5-9H2,1-4H3/t10-,11+,14+,15-/m0/s1. The van der Waals surface area contributed by atoms with Crippen molar-refractivity contribution in [1.82, 2.24) is 0 Å². The van der Waals surface area contributed by atoms with E-state index in [0.717, 1.165) is 12.8 Å². The predicted octanol–water partition coefficient (Wildman–Crippen LogP) is 2.58. The van der Waals surface area contributed by atoms with Gasteiger partial charge in [0.25, 0.3) is 0 Å². The number of hydrogen-bond donors (Lipinski definition) is 1. The van der Waals surface area contributed by atoms with Gasteiger partial charge in [-0.1, -0.05) is 20.8 Å². The van der Waals surface area contributed by atoms with Crippen LogP contribution in [0.3, 0.4) is 0 Å². The Balaban J connectivity index is 2.13. The molecular weight excluding hydrogens is 258 g/mol. The molecule has 2 saturated carbocycles. The van der Waals surface area contributed by atoms with Gasteiger partial charge in [0.05, 0.1) is 0 Å². The molecule has 0 aliphatic heterocycles. The Bertz CT molecular complexity index is 447. The van der Waals surface area contributed by atoms with Crippen molar-refractivity contribution in [3.8, 4) is 0 Å². The molecule has 2 aliphatic carbocycles. The molecule has 2 aliphatic rings. The van der Waals surface area contributed by atoms with Crippen molar-refractivity contribution in [2.24, 2.45) is 16.7 Å². The van der Waals surface area contributed by atoms with Gasteiger partial charge in [-0.15, -0.1) is 0 Å². The molecule has 114 valence electrons. The van der Waals surface area contributed by atoms with Crippen molar-refractivity contribution >= 4 is 5.78 Å². The molecule has 0 aromatic rings. The zero-order valence-corrected chi connectivity index (χ0v) is 12.8. The summed E-state index contributed by atoms with van der Waals surface area (Å²) in [5, 5.41) is 21.6.